The predicted octanol–water partition coefficient (Wildman–Crippen LogP) is 1.79. The Balaban J connectivity index is 2.69. The third-order valence-electron chi connectivity index (χ3n) is 5.15. The molecule has 0 aromatic heterocycles. The first-order chi connectivity index (χ1) is 13.9. The van der Waals surface area contributed by atoms with Gasteiger partial charge >= 0.3 is 11.9 Å². The van der Waals surface area contributed by atoms with E-state index in [1.807, 2.05) is 0 Å². The van der Waals surface area contributed by atoms with Gasteiger partial charge in [-0.2, -0.15) is 0 Å². The van der Waals surface area contributed by atoms with Gasteiger partial charge in [-0.05, 0) is 33.8 Å². The average Bonchev–Trinajstić information content (AvgIpc) is 2.86. The van der Waals surface area contributed by atoms with Crippen molar-refractivity contribution in [3.63, 3.8) is 0 Å². The van der Waals surface area contributed by atoms with Crippen molar-refractivity contribution < 1.29 is 39.2 Å². The standard InChI is InChI=1S/C21H23NO8/c1-5-6-7-8-12(23)15-16(27)11(2)18(28)21(4)17(15)20(3,19(29)30-21)22-13(24)9-10-14(25)26/h5-10,17,23,28H,1-4H3,(H,22,24)(H,25,26)/b6-5+,8-7+,10-9+,15-12+/t17-,20+,21+/m1/s1. The molecule has 2 aliphatic rings. The fourth-order valence-corrected chi connectivity index (χ4v) is 3.77. The predicted molar refractivity (Wildman–Crippen MR) is 105 cm³/mol. The molecule has 9 nitrogen and oxygen atoms in total. The number of carboxylic acids is 1. The summed E-state index contributed by atoms with van der Waals surface area (Å²) in [5.74, 6) is -6.19. The highest BCUT2D eigenvalue weighted by Crippen LogP contribution is 2.52. The number of ether oxygens (including phenoxy) is 1. The molecule has 0 spiro atoms. The third kappa shape index (κ3) is 3.66. The zero-order valence-corrected chi connectivity index (χ0v) is 16.9. The van der Waals surface area contributed by atoms with Crippen LogP contribution in [-0.4, -0.2) is 50.1 Å². The number of amides is 1. The van der Waals surface area contributed by atoms with Gasteiger partial charge in [-0.1, -0.05) is 18.2 Å². The molecule has 1 saturated heterocycles. The first kappa shape index (κ1) is 22.7. The summed E-state index contributed by atoms with van der Waals surface area (Å²) in [7, 11) is 0. The highest BCUT2D eigenvalue weighted by atomic mass is 16.6. The number of aliphatic hydroxyl groups is 2. The first-order valence-electron chi connectivity index (χ1n) is 9.04. The summed E-state index contributed by atoms with van der Waals surface area (Å²) >= 11 is 0. The summed E-state index contributed by atoms with van der Waals surface area (Å²) in [5, 5.41) is 32.3. The smallest absolute Gasteiger partial charge is 0.333 e. The van der Waals surface area contributed by atoms with Crippen LogP contribution in [0.5, 0.6) is 0 Å². The summed E-state index contributed by atoms with van der Waals surface area (Å²) in [6.45, 7) is 5.74. The van der Waals surface area contributed by atoms with E-state index in [1.54, 1.807) is 19.1 Å². The van der Waals surface area contributed by atoms with Crippen LogP contribution in [0.4, 0.5) is 0 Å². The maximum absolute atomic E-state index is 12.9. The Hall–Kier alpha value is -3.62. The second-order valence-corrected chi connectivity index (χ2v) is 7.28. The summed E-state index contributed by atoms with van der Waals surface area (Å²) in [5.41, 5.74) is -3.93. The van der Waals surface area contributed by atoms with E-state index in [9.17, 15) is 29.4 Å². The van der Waals surface area contributed by atoms with E-state index in [1.165, 1.54) is 32.9 Å². The molecule has 1 aliphatic heterocycles. The van der Waals surface area contributed by atoms with Gasteiger partial charge in [-0.25, -0.2) is 9.59 Å². The number of fused-ring (bicyclic) bond motifs is 1. The van der Waals surface area contributed by atoms with Crippen LogP contribution < -0.4 is 5.32 Å². The molecule has 1 amide bonds. The number of aliphatic carboxylic acids is 1. The van der Waals surface area contributed by atoms with Gasteiger partial charge in [-0.15, -0.1) is 0 Å². The molecule has 0 aromatic rings. The molecule has 160 valence electrons. The molecule has 0 saturated carbocycles. The molecule has 9 heteroatoms. The van der Waals surface area contributed by atoms with E-state index < -0.39 is 52.2 Å². The molecule has 0 aromatic carbocycles. The summed E-state index contributed by atoms with van der Waals surface area (Å²) in [6.07, 6.45) is 7.32. The third-order valence-corrected chi connectivity index (χ3v) is 5.15. The van der Waals surface area contributed by atoms with E-state index in [4.69, 9.17) is 9.84 Å². The molecule has 0 unspecified atom stereocenters. The zero-order chi connectivity index (χ0) is 22.9. The number of esters is 1. The van der Waals surface area contributed by atoms with Crippen molar-refractivity contribution in [2.45, 2.75) is 38.8 Å². The van der Waals surface area contributed by atoms with Crippen molar-refractivity contribution in [1.82, 2.24) is 5.32 Å². The number of aliphatic hydroxyl groups excluding tert-OH is 2. The maximum atomic E-state index is 12.9. The molecule has 30 heavy (non-hydrogen) atoms. The van der Waals surface area contributed by atoms with Crippen molar-refractivity contribution in [1.29, 1.82) is 0 Å². The molecular weight excluding hydrogens is 394 g/mol. The van der Waals surface area contributed by atoms with Gasteiger partial charge in [0, 0.05) is 17.7 Å². The van der Waals surface area contributed by atoms with Crippen LogP contribution in [0.1, 0.15) is 27.7 Å². The lowest BCUT2D eigenvalue weighted by molar-refractivity contribution is -0.151. The minimum atomic E-state index is -1.88. The summed E-state index contributed by atoms with van der Waals surface area (Å²) in [6, 6.07) is 0. The van der Waals surface area contributed by atoms with E-state index in [2.05, 4.69) is 5.32 Å². The number of Topliss-reactive ketones (excluding diaryl/α,β-unsaturated/α-hetero) is 1. The quantitative estimate of drug-likeness (QED) is 0.229. The Morgan fingerprint density at radius 2 is 1.73 bits per heavy atom. The Labute approximate surface area is 172 Å². The topological polar surface area (TPSA) is 150 Å². The number of carboxylic acid groups (broad SMARTS) is 1. The van der Waals surface area contributed by atoms with Crippen molar-refractivity contribution in [2.75, 3.05) is 0 Å². The molecular formula is C21H23NO8. The average molecular weight is 417 g/mol. The van der Waals surface area contributed by atoms with Crippen molar-refractivity contribution in [3.05, 3.63) is 59.1 Å². The van der Waals surface area contributed by atoms with Gasteiger partial charge in [-0.3, -0.25) is 9.59 Å². The largest absolute Gasteiger partial charge is 0.508 e. The lowest BCUT2D eigenvalue weighted by Gasteiger charge is -2.39. The number of nitrogens with one attached hydrogen (secondary N) is 1. The molecule has 1 aliphatic carbocycles. The molecule has 2 rings (SSSR count). The SMILES string of the molecule is C/C=C/C=C/C(O)=C1/C(=O)C(C)=C(O)[C@@]2(C)OC(=O)[C@@](C)(NC(=O)/C=C/C(=O)O)[C@@H]12. The van der Waals surface area contributed by atoms with E-state index in [0.29, 0.717) is 12.2 Å². The molecule has 1 heterocycles. The normalized spacial score (nSPS) is 30.9. The van der Waals surface area contributed by atoms with Crippen LogP contribution in [-0.2, 0) is 23.9 Å². The number of hydrogen-bond acceptors (Lipinski definition) is 7. The number of rotatable bonds is 5. The number of carbonyl (C=O) groups is 4. The van der Waals surface area contributed by atoms with Crippen LogP contribution >= 0.6 is 0 Å². The van der Waals surface area contributed by atoms with Crippen molar-refractivity contribution in [3.8, 4) is 0 Å². The Morgan fingerprint density at radius 3 is 2.30 bits per heavy atom. The molecule has 1 fully saturated rings. The zero-order valence-electron chi connectivity index (χ0n) is 16.9. The molecule has 0 radical (unpaired) electrons. The monoisotopic (exact) mass is 417 g/mol. The Kier molecular flexibility index (Phi) is 6.06. The number of carbonyl (C=O) groups excluding carboxylic acids is 3. The van der Waals surface area contributed by atoms with Crippen LogP contribution in [0, 0.1) is 5.92 Å². The van der Waals surface area contributed by atoms with Gasteiger partial charge in [0.05, 0.1) is 11.5 Å². The highest BCUT2D eigenvalue weighted by Gasteiger charge is 2.68. The van der Waals surface area contributed by atoms with E-state index in [0.717, 1.165) is 0 Å². The summed E-state index contributed by atoms with van der Waals surface area (Å²) < 4.78 is 5.39. The lowest BCUT2D eigenvalue weighted by atomic mass is 9.66. The van der Waals surface area contributed by atoms with E-state index >= 15 is 0 Å². The van der Waals surface area contributed by atoms with Gasteiger partial charge in [0.15, 0.2) is 11.4 Å². The van der Waals surface area contributed by atoms with Gasteiger partial charge < -0.3 is 25.4 Å². The minimum Gasteiger partial charge on any atom is -0.508 e. The maximum Gasteiger partial charge on any atom is 0.333 e. The minimum absolute atomic E-state index is 0.108. The Morgan fingerprint density at radius 1 is 1.10 bits per heavy atom. The Bertz CT molecular complexity index is 967. The highest BCUT2D eigenvalue weighted by molar-refractivity contribution is 6.12. The fraction of sp³-hybridized carbons (Fsp3) is 0.333. The summed E-state index contributed by atoms with van der Waals surface area (Å²) in [4.78, 5) is 48.6. The first-order valence-corrected chi connectivity index (χ1v) is 9.04. The molecule has 3 atom stereocenters. The van der Waals surface area contributed by atoms with Crippen LogP contribution in [0.2, 0.25) is 0 Å². The number of hydrogen-bond donors (Lipinski definition) is 4. The molecule has 4 N–H and O–H groups in total. The van der Waals surface area contributed by atoms with Gasteiger partial charge in [0.2, 0.25) is 5.91 Å². The van der Waals surface area contributed by atoms with Gasteiger partial charge in [0.25, 0.3) is 0 Å². The second kappa shape index (κ2) is 8.02. The number of ketones is 1. The van der Waals surface area contributed by atoms with E-state index in [-0.39, 0.29) is 11.1 Å². The number of allylic oxidation sites excluding steroid dienone is 5. The van der Waals surface area contributed by atoms with Gasteiger partial charge in [0.1, 0.15) is 17.1 Å². The lowest BCUT2D eigenvalue weighted by Crippen LogP contribution is -2.58. The van der Waals surface area contributed by atoms with Crippen LogP contribution in [0.15, 0.2) is 59.1 Å². The van der Waals surface area contributed by atoms with Crippen molar-refractivity contribution in [2.24, 2.45) is 5.92 Å². The van der Waals surface area contributed by atoms with Crippen LogP contribution in [0.3, 0.4) is 0 Å². The van der Waals surface area contributed by atoms with Crippen LogP contribution in [0.25, 0.3) is 0 Å². The van der Waals surface area contributed by atoms with Crippen molar-refractivity contribution >= 4 is 23.6 Å². The fourth-order valence-electron chi connectivity index (χ4n) is 3.77. The second-order valence-electron chi connectivity index (χ2n) is 7.28. The molecule has 0 bridgehead atoms.